The van der Waals surface area contributed by atoms with Crippen molar-refractivity contribution in [2.24, 2.45) is 0 Å². The van der Waals surface area contributed by atoms with Crippen LogP contribution in [0.15, 0.2) is 47.4 Å². The molecule has 134 valence electrons. The number of fused-ring (bicyclic) bond motifs is 1. The van der Waals surface area contributed by atoms with E-state index in [4.69, 9.17) is 20.5 Å². The summed E-state index contributed by atoms with van der Waals surface area (Å²) < 4.78 is 35.8. The summed E-state index contributed by atoms with van der Waals surface area (Å²) in [6, 6.07) is 12.2. The minimum Gasteiger partial charge on any atom is -0.487 e. The molecule has 1 unspecified atom stereocenters. The molecule has 3 rings (SSSR count). The fourth-order valence-corrected chi connectivity index (χ4v) is 3.98. The van der Waals surface area contributed by atoms with E-state index in [0.29, 0.717) is 11.4 Å². The Balaban J connectivity index is 1.62. The molecule has 0 radical (unpaired) electrons. The fourth-order valence-electron chi connectivity index (χ4n) is 2.87. The highest BCUT2D eigenvalue weighted by Crippen LogP contribution is 2.36. The van der Waals surface area contributed by atoms with Crippen LogP contribution < -0.4 is 4.74 Å². The molecule has 0 fully saturated rings. The first-order valence-corrected chi connectivity index (χ1v) is 10.00. The largest absolute Gasteiger partial charge is 0.487 e. The standard InChI is InChI=1S/C19H21ClO4S/c1-14-3-6-17(7-4-14)25(21,22)23-12-11-19(2)10-9-15-13-16(20)5-8-18(15)24-19/h3-8,13H,9-12H2,1-2H3. The Kier molecular flexibility index (Phi) is 5.09. The van der Waals surface area contributed by atoms with Gasteiger partial charge in [0.2, 0.25) is 0 Å². The SMILES string of the molecule is Cc1ccc(S(=O)(=O)OCCC2(C)CCc3cc(Cl)ccc3O2)cc1. The van der Waals surface area contributed by atoms with Crippen LogP contribution in [0.4, 0.5) is 0 Å². The summed E-state index contributed by atoms with van der Waals surface area (Å²) in [7, 11) is -3.74. The van der Waals surface area contributed by atoms with Crippen molar-refractivity contribution in [1.82, 2.24) is 0 Å². The lowest BCUT2D eigenvalue weighted by atomic mass is 9.90. The van der Waals surface area contributed by atoms with Gasteiger partial charge in [0.25, 0.3) is 10.1 Å². The number of hydrogen-bond acceptors (Lipinski definition) is 4. The zero-order valence-corrected chi connectivity index (χ0v) is 15.9. The second kappa shape index (κ2) is 6.98. The molecule has 0 bridgehead atoms. The van der Waals surface area contributed by atoms with Crippen molar-refractivity contribution in [1.29, 1.82) is 0 Å². The van der Waals surface area contributed by atoms with Gasteiger partial charge in [0, 0.05) is 11.4 Å². The molecular weight excluding hydrogens is 360 g/mol. The van der Waals surface area contributed by atoms with Crippen LogP contribution in [0.3, 0.4) is 0 Å². The molecular formula is C19H21ClO4S. The van der Waals surface area contributed by atoms with E-state index >= 15 is 0 Å². The Bertz CT molecular complexity index is 861. The molecule has 1 heterocycles. The highest BCUT2D eigenvalue weighted by molar-refractivity contribution is 7.86. The molecule has 0 spiro atoms. The van der Waals surface area contributed by atoms with Gasteiger partial charge < -0.3 is 4.74 Å². The lowest BCUT2D eigenvalue weighted by molar-refractivity contribution is 0.0432. The van der Waals surface area contributed by atoms with Crippen molar-refractivity contribution in [3.63, 3.8) is 0 Å². The molecule has 0 saturated carbocycles. The molecule has 0 N–H and O–H groups in total. The number of rotatable bonds is 5. The third-order valence-electron chi connectivity index (χ3n) is 4.48. The third kappa shape index (κ3) is 4.35. The number of benzene rings is 2. The topological polar surface area (TPSA) is 52.6 Å². The summed E-state index contributed by atoms with van der Waals surface area (Å²) >= 11 is 6.01. The lowest BCUT2D eigenvalue weighted by Crippen LogP contribution is -2.37. The van der Waals surface area contributed by atoms with Crippen LogP contribution in [0.1, 0.15) is 30.9 Å². The molecule has 2 aromatic carbocycles. The molecule has 4 nitrogen and oxygen atoms in total. The minimum absolute atomic E-state index is 0.0790. The first-order valence-electron chi connectivity index (χ1n) is 8.21. The first kappa shape index (κ1) is 18.2. The van der Waals surface area contributed by atoms with Crippen LogP contribution >= 0.6 is 11.6 Å². The van der Waals surface area contributed by atoms with Gasteiger partial charge in [-0.15, -0.1) is 0 Å². The average molecular weight is 381 g/mol. The summed E-state index contributed by atoms with van der Waals surface area (Å²) in [5, 5.41) is 0.693. The van der Waals surface area contributed by atoms with E-state index in [2.05, 4.69) is 0 Å². The third-order valence-corrected chi connectivity index (χ3v) is 6.04. The lowest BCUT2D eigenvalue weighted by Gasteiger charge is -2.35. The summed E-state index contributed by atoms with van der Waals surface area (Å²) in [5.41, 5.74) is 1.63. The van der Waals surface area contributed by atoms with Crippen LogP contribution in [0.25, 0.3) is 0 Å². The maximum atomic E-state index is 12.2. The van der Waals surface area contributed by atoms with Gasteiger partial charge in [-0.2, -0.15) is 8.42 Å². The normalized spacial score (nSPS) is 20.0. The molecule has 2 aromatic rings. The van der Waals surface area contributed by atoms with Gasteiger partial charge in [0.05, 0.1) is 11.5 Å². The summed E-state index contributed by atoms with van der Waals surface area (Å²) in [5.74, 6) is 0.805. The molecule has 1 aliphatic rings. The van der Waals surface area contributed by atoms with E-state index in [0.717, 1.165) is 29.7 Å². The molecule has 1 aliphatic heterocycles. The van der Waals surface area contributed by atoms with Crippen molar-refractivity contribution in [3.05, 3.63) is 58.6 Å². The Morgan fingerprint density at radius 2 is 1.92 bits per heavy atom. The van der Waals surface area contributed by atoms with Crippen LogP contribution in [-0.4, -0.2) is 20.6 Å². The Hall–Kier alpha value is -1.56. The fraction of sp³-hybridized carbons (Fsp3) is 0.368. The van der Waals surface area contributed by atoms with Crippen LogP contribution in [0.2, 0.25) is 5.02 Å². The maximum absolute atomic E-state index is 12.2. The highest BCUT2D eigenvalue weighted by Gasteiger charge is 2.32. The zero-order chi connectivity index (χ0) is 18.1. The van der Waals surface area contributed by atoms with Gasteiger partial charge in [-0.25, -0.2) is 0 Å². The Morgan fingerprint density at radius 1 is 1.20 bits per heavy atom. The average Bonchev–Trinajstić information content (AvgIpc) is 2.55. The molecule has 25 heavy (non-hydrogen) atoms. The smallest absolute Gasteiger partial charge is 0.296 e. The zero-order valence-electron chi connectivity index (χ0n) is 14.3. The minimum atomic E-state index is -3.74. The molecule has 0 amide bonds. The highest BCUT2D eigenvalue weighted by atomic mass is 35.5. The first-order chi connectivity index (χ1) is 11.8. The van der Waals surface area contributed by atoms with Gasteiger partial charge in [0.1, 0.15) is 11.4 Å². The van der Waals surface area contributed by atoms with Gasteiger partial charge in [-0.1, -0.05) is 29.3 Å². The second-order valence-corrected chi connectivity index (χ2v) is 8.69. The second-order valence-electron chi connectivity index (χ2n) is 6.64. The van der Waals surface area contributed by atoms with Crippen LogP contribution in [0.5, 0.6) is 5.75 Å². The van der Waals surface area contributed by atoms with E-state index in [-0.39, 0.29) is 11.5 Å². The van der Waals surface area contributed by atoms with Crippen molar-refractivity contribution < 1.29 is 17.3 Å². The van der Waals surface area contributed by atoms with Gasteiger partial charge in [-0.3, -0.25) is 4.18 Å². The quantitative estimate of drug-likeness (QED) is 0.715. The number of hydrogen-bond donors (Lipinski definition) is 0. The van der Waals surface area contributed by atoms with Crippen molar-refractivity contribution in [2.75, 3.05) is 6.61 Å². The van der Waals surface area contributed by atoms with Crippen LogP contribution in [-0.2, 0) is 20.7 Å². The van der Waals surface area contributed by atoms with E-state index < -0.39 is 15.7 Å². The van der Waals surface area contributed by atoms with Gasteiger partial charge in [0.15, 0.2) is 0 Å². The van der Waals surface area contributed by atoms with E-state index in [9.17, 15) is 8.42 Å². The summed E-state index contributed by atoms with van der Waals surface area (Å²) in [4.78, 5) is 0.174. The molecule has 1 atom stereocenters. The monoisotopic (exact) mass is 380 g/mol. The number of ether oxygens (including phenoxy) is 1. The van der Waals surface area contributed by atoms with Gasteiger partial charge >= 0.3 is 0 Å². The molecule has 0 saturated heterocycles. The predicted molar refractivity (Wildman–Crippen MR) is 97.7 cm³/mol. The van der Waals surface area contributed by atoms with Crippen molar-refractivity contribution in [2.45, 2.75) is 43.6 Å². The summed E-state index contributed by atoms with van der Waals surface area (Å²) in [6.45, 7) is 3.96. The number of halogens is 1. The number of aryl methyl sites for hydroxylation is 2. The Labute approximate surface area is 153 Å². The maximum Gasteiger partial charge on any atom is 0.296 e. The van der Waals surface area contributed by atoms with Crippen LogP contribution in [0, 0.1) is 6.92 Å². The molecule has 6 heteroatoms. The molecule has 0 aromatic heterocycles. The predicted octanol–water partition coefficient (Wildman–Crippen LogP) is 4.53. The summed E-state index contributed by atoms with van der Waals surface area (Å²) in [6.07, 6.45) is 2.12. The van der Waals surface area contributed by atoms with Crippen molar-refractivity contribution in [3.8, 4) is 5.75 Å². The van der Waals surface area contributed by atoms with E-state index in [1.54, 1.807) is 30.3 Å². The molecule has 0 aliphatic carbocycles. The van der Waals surface area contributed by atoms with E-state index in [1.807, 2.05) is 26.0 Å². The Morgan fingerprint density at radius 3 is 2.64 bits per heavy atom. The van der Waals surface area contributed by atoms with Crippen molar-refractivity contribution >= 4 is 21.7 Å². The van der Waals surface area contributed by atoms with Gasteiger partial charge in [-0.05, 0) is 62.6 Å². The van der Waals surface area contributed by atoms with E-state index in [1.165, 1.54) is 0 Å².